The smallest absolute Gasteiger partial charge is 0.277 e. The van der Waals surface area contributed by atoms with Crippen molar-refractivity contribution < 1.29 is 9.21 Å². The van der Waals surface area contributed by atoms with Gasteiger partial charge in [-0.2, -0.15) is 0 Å². The van der Waals surface area contributed by atoms with Crippen LogP contribution in [-0.2, 0) is 17.6 Å². The summed E-state index contributed by atoms with van der Waals surface area (Å²) in [7, 11) is 0. The van der Waals surface area contributed by atoms with E-state index in [1.165, 1.54) is 11.8 Å². The number of hydrogen-bond acceptors (Lipinski definition) is 6. The zero-order chi connectivity index (χ0) is 17.6. The minimum Gasteiger partial charge on any atom is -0.416 e. The maximum Gasteiger partial charge on any atom is 0.277 e. The molecule has 8 heteroatoms. The zero-order valence-electron chi connectivity index (χ0n) is 14.3. The first kappa shape index (κ1) is 17.5. The van der Waals surface area contributed by atoms with E-state index in [1.54, 1.807) is 0 Å². The highest BCUT2D eigenvalue weighted by Gasteiger charge is 2.11. The monoisotopic (exact) mass is 359 g/mol. The first-order chi connectivity index (χ1) is 12.1. The van der Waals surface area contributed by atoms with Crippen molar-refractivity contribution in [2.45, 2.75) is 31.9 Å². The van der Waals surface area contributed by atoms with Crippen molar-refractivity contribution in [3.63, 3.8) is 0 Å². The molecular formula is C17H21N5O2S. The number of rotatable bonds is 8. The highest BCUT2D eigenvalue weighted by Crippen LogP contribution is 2.17. The largest absolute Gasteiger partial charge is 0.416 e. The molecule has 3 rings (SSSR count). The van der Waals surface area contributed by atoms with E-state index >= 15 is 0 Å². The summed E-state index contributed by atoms with van der Waals surface area (Å²) in [6, 6.07) is 7.91. The Kier molecular flexibility index (Phi) is 5.70. The number of nitrogens with zero attached hydrogens (tertiary/aromatic N) is 3. The summed E-state index contributed by atoms with van der Waals surface area (Å²) in [5.74, 6) is 2.12. The van der Waals surface area contributed by atoms with Crippen LogP contribution in [0.5, 0.6) is 0 Å². The molecule has 2 aromatic heterocycles. The first-order valence-corrected chi connectivity index (χ1v) is 9.24. The lowest BCUT2D eigenvalue weighted by molar-refractivity contribution is -0.118. The average Bonchev–Trinajstić information content (AvgIpc) is 3.22. The third-order valence-electron chi connectivity index (χ3n) is 3.50. The number of nitrogens with one attached hydrogen (secondary N) is 2. The number of benzene rings is 1. The lowest BCUT2D eigenvalue weighted by atomic mass is 10.2. The van der Waals surface area contributed by atoms with Crippen LogP contribution in [0, 0.1) is 5.92 Å². The Morgan fingerprint density at radius 3 is 2.92 bits per heavy atom. The van der Waals surface area contributed by atoms with Crippen LogP contribution in [0.2, 0.25) is 0 Å². The Bertz CT molecular complexity index is 809. The van der Waals surface area contributed by atoms with Crippen LogP contribution in [0.25, 0.3) is 11.0 Å². The summed E-state index contributed by atoms with van der Waals surface area (Å²) in [6.07, 6.45) is 1.29. The van der Waals surface area contributed by atoms with E-state index in [4.69, 9.17) is 4.42 Å². The van der Waals surface area contributed by atoms with Crippen LogP contribution < -0.4 is 5.32 Å². The number of amides is 1. The van der Waals surface area contributed by atoms with Crippen molar-refractivity contribution in [1.82, 2.24) is 25.5 Å². The lowest BCUT2D eigenvalue weighted by Gasteiger charge is -2.05. The van der Waals surface area contributed by atoms with E-state index in [9.17, 15) is 4.79 Å². The molecule has 0 saturated carbocycles. The number of thioether (sulfide) groups is 1. The van der Waals surface area contributed by atoms with Crippen LogP contribution >= 0.6 is 11.8 Å². The number of para-hydroxylation sites is 2. The highest BCUT2D eigenvalue weighted by molar-refractivity contribution is 7.99. The molecule has 132 valence electrons. The maximum absolute atomic E-state index is 11.7. The SMILES string of the molecule is CC(C)CNC(=O)CSc1nnc(CCc2nc3ccccc3[nH]2)o1. The minimum atomic E-state index is -0.0271. The number of H-pyrrole nitrogens is 1. The molecule has 7 nitrogen and oxygen atoms in total. The summed E-state index contributed by atoms with van der Waals surface area (Å²) in [4.78, 5) is 19.5. The second-order valence-electron chi connectivity index (χ2n) is 6.15. The van der Waals surface area contributed by atoms with E-state index in [1.807, 2.05) is 24.3 Å². The lowest BCUT2D eigenvalue weighted by Crippen LogP contribution is -2.28. The van der Waals surface area contributed by atoms with Gasteiger partial charge in [-0.1, -0.05) is 37.7 Å². The molecule has 0 aliphatic rings. The number of aryl methyl sites for hydroxylation is 2. The van der Waals surface area contributed by atoms with Crippen LogP contribution in [0.3, 0.4) is 0 Å². The molecule has 0 saturated heterocycles. The van der Waals surface area contributed by atoms with Gasteiger partial charge in [0.15, 0.2) is 0 Å². The minimum absolute atomic E-state index is 0.0271. The number of imidazole rings is 1. The normalized spacial score (nSPS) is 11.3. The molecule has 1 amide bonds. The van der Waals surface area contributed by atoms with Gasteiger partial charge in [0, 0.05) is 19.4 Å². The third kappa shape index (κ3) is 5.06. The summed E-state index contributed by atoms with van der Waals surface area (Å²) < 4.78 is 5.57. The number of fused-ring (bicyclic) bond motifs is 1. The standard InChI is InChI=1S/C17H21N5O2S/c1-11(2)9-18-15(23)10-25-17-22-21-16(24-17)8-7-14-19-12-5-3-4-6-13(12)20-14/h3-6,11H,7-10H2,1-2H3,(H,18,23)(H,19,20). The molecule has 3 aromatic rings. The number of hydrogen-bond donors (Lipinski definition) is 2. The molecule has 0 spiro atoms. The van der Waals surface area contributed by atoms with Crippen LogP contribution in [0.4, 0.5) is 0 Å². The Morgan fingerprint density at radius 2 is 2.12 bits per heavy atom. The number of carbonyl (C=O) groups excluding carboxylic acids is 1. The molecule has 0 bridgehead atoms. The summed E-state index contributed by atoms with van der Waals surface area (Å²) >= 11 is 1.25. The molecule has 25 heavy (non-hydrogen) atoms. The number of aromatic nitrogens is 4. The van der Waals surface area contributed by atoms with Gasteiger partial charge < -0.3 is 14.7 Å². The second-order valence-corrected chi connectivity index (χ2v) is 7.08. The predicted molar refractivity (Wildman–Crippen MR) is 96.4 cm³/mol. The fourth-order valence-corrected chi connectivity index (χ4v) is 2.85. The molecule has 0 unspecified atom stereocenters. The quantitative estimate of drug-likeness (QED) is 0.600. The Balaban J connectivity index is 1.47. The van der Waals surface area contributed by atoms with Gasteiger partial charge in [-0.25, -0.2) is 4.98 Å². The van der Waals surface area contributed by atoms with Gasteiger partial charge in [-0.05, 0) is 18.1 Å². The van der Waals surface area contributed by atoms with Crippen molar-refractivity contribution in [3.05, 3.63) is 36.0 Å². The summed E-state index contributed by atoms with van der Waals surface area (Å²) in [5.41, 5.74) is 1.97. The molecular weight excluding hydrogens is 338 g/mol. The van der Waals surface area contributed by atoms with Crippen LogP contribution in [-0.4, -0.2) is 38.4 Å². The first-order valence-electron chi connectivity index (χ1n) is 8.25. The fourth-order valence-electron chi connectivity index (χ4n) is 2.24. The van der Waals surface area contributed by atoms with Gasteiger partial charge >= 0.3 is 0 Å². The molecule has 0 radical (unpaired) electrons. The molecule has 2 N–H and O–H groups in total. The van der Waals surface area contributed by atoms with E-state index in [0.717, 1.165) is 16.9 Å². The Hall–Kier alpha value is -2.35. The van der Waals surface area contributed by atoms with Gasteiger partial charge in [-0.15, -0.1) is 10.2 Å². The summed E-state index contributed by atoms with van der Waals surface area (Å²) in [5, 5.41) is 11.3. The van der Waals surface area contributed by atoms with Gasteiger partial charge in [-0.3, -0.25) is 4.79 Å². The van der Waals surface area contributed by atoms with Crippen molar-refractivity contribution in [2.24, 2.45) is 5.92 Å². The molecule has 0 aliphatic carbocycles. The van der Waals surface area contributed by atoms with E-state index < -0.39 is 0 Å². The fraction of sp³-hybridized carbons (Fsp3) is 0.412. The predicted octanol–water partition coefficient (Wildman–Crippen LogP) is 2.60. The molecule has 0 fully saturated rings. The van der Waals surface area contributed by atoms with Gasteiger partial charge in [0.05, 0.1) is 16.8 Å². The number of carbonyl (C=O) groups is 1. The zero-order valence-corrected chi connectivity index (χ0v) is 15.1. The second kappa shape index (κ2) is 8.15. The average molecular weight is 359 g/mol. The molecule has 0 aliphatic heterocycles. The molecule has 1 aromatic carbocycles. The highest BCUT2D eigenvalue weighted by atomic mass is 32.2. The maximum atomic E-state index is 11.7. The summed E-state index contributed by atoms with van der Waals surface area (Å²) in [6.45, 7) is 4.78. The Morgan fingerprint density at radius 1 is 1.28 bits per heavy atom. The van der Waals surface area contributed by atoms with E-state index in [2.05, 4.69) is 39.3 Å². The van der Waals surface area contributed by atoms with Crippen LogP contribution in [0.15, 0.2) is 33.9 Å². The van der Waals surface area contributed by atoms with E-state index in [-0.39, 0.29) is 11.7 Å². The van der Waals surface area contributed by atoms with Gasteiger partial charge in [0.25, 0.3) is 5.22 Å². The number of aromatic amines is 1. The topological polar surface area (TPSA) is 96.7 Å². The Labute approximate surface area is 150 Å². The van der Waals surface area contributed by atoms with E-state index in [0.29, 0.717) is 36.4 Å². The third-order valence-corrected chi connectivity index (χ3v) is 4.32. The van der Waals surface area contributed by atoms with Crippen LogP contribution in [0.1, 0.15) is 25.6 Å². The van der Waals surface area contributed by atoms with Gasteiger partial charge in [0.2, 0.25) is 11.8 Å². The molecule has 0 atom stereocenters. The van der Waals surface area contributed by atoms with Crippen molar-refractivity contribution in [2.75, 3.05) is 12.3 Å². The van der Waals surface area contributed by atoms with Crippen molar-refractivity contribution >= 4 is 28.7 Å². The van der Waals surface area contributed by atoms with Crippen molar-refractivity contribution in [1.29, 1.82) is 0 Å². The van der Waals surface area contributed by atoms with Gasteiger partial charge in [0.1, 0.15) is 5.82 Å². The molecule has 2 heterocycles. The van der Waals surface area contributed by atoms with Crippen molar-refractivity contribution in [3.8, 4) is 0 Å².